The van der Waals surface area contributed by atoms with Gasteiger partial charge in [0.1, 0.15) is 5.82 Å². The Hall–Kier alpha value is -1.09. The minimum atomic E-state index is 0.905. The Morgan fingerprint density at radius 3 is 2.57 bits per heavy atom. The molecule has 0 fully saturated rings. The number of rotatable bonds is 5. The predicted octanol–water partition coefficient (Wildman–Crippen LogP) is 1.93. The van der Waals surface area contributed by atoms with Gasteiger partial charge < -0.3 is 10.6 Å². The molecule has 0 aliphatic carbocycles. The van der Waals surface area contributed by atoms with E-state index in [0.717, 1.165) is 31.1 Å². The first kappa shape index (κ1) is 11.0. The van der Waals surface area contributed by atoms with E-state index in [1.54, 1.807) is 0 Å². The Morgan fingerprint density at radius 2 is 2.00 bits per heavy atom. The largest absolute Gasteiger partial charge is 0.370 e. The summed E-state index contributed by atoms with van der Waals surface area (Å²) in [4.78, 5) is 4.46. The average Bonchev–Trinajstić information content (AvgIpc) is 2.17. The van der Waals surface area contributed by atoms with Gasteiger partial charge in [-0.3, -0.25) is 0 Å². The highest BCUT2D eigenvalue weighted by Crippen LogP contribution is 2.09. The molecule has 0 unspecified atom stereocenters. The highest BCUT2D eigenvalue weighted by atomic mass is 15.0. The van der Waals surface area contributed by atoms with Gasteiger partial charge in [-0.1, -0.05) is 13.0 Å². The topological polar surface area (TPSA) is 37.0 Å². The zero-order chi connectivity index (χ0) is 10.4. The molecular formula is C11H19N3. The van der Waals surface area contributed by atoms with E-state index in [1.165, 1.54) is 5.56 Å². The number of nitrogens with one attached hydrogen (secondary N) is 2. The second-order valence-electron chi connectivity index (χ2n) is 3.25. The molecule has 0 aliphatic rings. The van der Waals surface area contributed by atoms with Crippen molar-refractivity contribution in [3.8, 4) is 0 Å². The van der Waals surface area contributed by atoms with Gasteiger partial charge in [0.05, 0.1) is 0 Å². The first-order valence-corrected chi connectivity index (χ1v) is 5.19. The summed E-state index contributed by atoms with van der Waals surface area (Å²) in [5.74, 6) is 0.963. The van der Waals surface area contributed by atoms with Crippen molar-refractivity contribution < 1.29 is 0 Å². The lowest BCUT2D eigenvalue weighted by Gasteiger charge is -2.08. The highest BCUT2D eigenvalue weighted by molar-refractivity contribution is 5.38. The highest BCUT2D eigenvalue weighted by Gasteiger charge is 1.99. The molecule has 0 aliphatic heterocycles. The van der Waals surface area contributed by atoms with Crippen molar-refractivity contribution in [3.05, 3.63) is 23.4 Å². The van der Waals surface area contributed by atoms with Crippen LogP contribution in [-0.2, 0) is 6.54 Å². The summed E-state index contributed by atoms with van der Waals surface area (Å²) in [6, 6.07) is 4.16. The quantitative estimate of drug-likeness (QED) is 0.750. The van der Waals surface area contributed by atoms with Gasteiger partial charge in [-0.25, -0.2) is 4.98 Å². The molecule has 14 heavy (non-hydrogen) atoms. The van der Waals surface area contributed by atoms with E-state index in [1.807, 2.05) is 13.0 Å². The van der Waals surface area contributed by atoms with Crippen LogP contribution in [0.25, 0.3) is 0 Å². The first-order valence-electron chi connectivity index (χ1n) is 5.19. The Balaban J connectivity index is 2.68. The maximum Gasteiger partial charge on any atom is 0.126 e. The molecule has 1 heterocycles. The third-order valence-electron chi connectivity index (χ3n) is 2.12. The Morgan fingerprint density at radius 1 is 1.21 bits per heavy atom. The van der Waals surface area contributed by atoms with Crippen LogP contribution >= 0.6 is 0 Å². The first-order chi connectivity index (χ1) is 6.77. The fourth-order valence-corrected chi connectivity index (χ4v) is 1.32. The summed E-state index contributed by atoms with van der Waals surface area (Å²) < 4.78 is 0. The van der Waals surface area contributed by atoms with E-state index in [2.05, 4.69) is 35.5 Å². The SMILES string of the molecule is CCNCc1ccc(NCC)nc1C. The Bertz CT molecular complexity index is 284. The lowest BCUT2D eigenvalue weighted by Crippen LogP contribution is -2.13. The maximum absolute atomic E-state index is 4.46. The normalized spacial score (nSPS) is 10.2. The number of aryl methyl sites for hydroxylation is 1. The van der Waals surface area contributed by atoms with Gasteiger partial charge >= 0.3 is 0 Å². The summed E-state index contributed by atoms with van der Waals surface area (Å²) in [5.41, 5.74) is 2.37. The molecule has 0 radical (unpaired) electrons. The molecule has 0 aromatic carbocycles. The molecule has 0 spiro atoms. The summed E-state index contributed by atoms with van der Waals surface area (Å²) in [6.45, 7) is 9.04. The molecule has 3 heteroatoms. The Labute approximate surface area is 85.9 Å². The van der Waals surface area contributed by atoms with Crippen LogP contribution in [0.1, 0.15) is 25.1 Å². The average molecular weight is 193 g/mol. The van der Waals surface area contributed by atoms with Crippen LogP contribution < -0.4 is 10.6 Å². The zero-order valence-electron chi connectivity index (χ0n) is 9.22. The molecule has 1 aromatic rings. The third-order valence-corrected chi connectivity index (χ3v) is 2.12. The minimum Gasteiger partial charge on any atom is -0.370 e. The molecule has 0 atom stereocenters. The number of hydrogen-bond acceptors (Lipinski definition) is 3. The van der Waals surface area contributed by atoms with Gasteiger partial charge in [0.15, 0.2) is 0 Å². The lowest BCUT2D eigenvalue weighted by molar-refractivity contribution is 0.720. The molecule has 0 amide bonds. The molecule has 78 valence electrons. The summed E-state index contributed by atoms with van der Waals surface area (Å²) in [7, 11) is 0. The van der Waals surface area contributed by atoms with Crippen molar-refractivity contribution in [1.82, 2.24) is 10.3 Å². The second-order valence-corrected chi connectivity index (χ2v) is 3.25. The van der Waals surface area contributed by atoms with Crippen LogP contribution in [0.2, 0.25) is 0 Å². The van der Waals surface area contributed by atoms with E-state index in [9.17, 15) is 0 Å². The fraction of sp³-hybridized carbons (Fsp3) is 0.545. The van der Waals surface area contributed by atoms with Crippen LogP contribution in [-0.4, -0.2) is 18.1 Å². The van der Waals surface area contributed by atoms with E-state index in [-0.39, 0.29) is 0 Å². The van der Waals surface area contributed by atoms with Crippen LogP contribution in [0.4, 0.5) is 5.82 Å². The number of pyridine rings is 1. The molecule has 2 N–H and O–H groups in total. The van der Waals surface area contributed by atoms with Crippen molar-refractivity contribution in [1.29, 1.82) is 0 Å². The number of anilines is 1. The second kappa shape index (κ2) is 5.60. The number of hydrogen-bond donors (Lipinski definition) is 2. The van der Waals surface area contributed by atoms with Crippen LogP contribution in [0, 0.1) is 6.92 Å². The monoisotopic (exact) mass is 193 g/mol. The van der Waals surface area contributed by atoms with Crippen molar-refractivity contribution in [2.24, 2.45) is 0 Å². The minimum absolute atomic E-state index is 0.905. The predicted molar refractivity (Wildman–Crippen MR) is 60.5 cm³/mol. The van der Waals surface area contributed by atoms with Gasteiger partial charge in [-0.05, 0) is 32.0 Å². The van der Waals surface area contributed by atoms with E-state index < -0.39 is 0 Å². The maximum atomic E-state index is 4.46. The number of nitrogens with zero attached hydrogens (tertiary/aromatic N) is 1. The van der Waals surface area contributed by atoms with E-state index >= 15 is 0 Å². The van der Waals surface area contributed by atoms with Gasteiger partial charge in [-0.15, -0.1) is 0 Å². The van der Waals surface area contributed by atoms with Gasteiger partial charge in [-0.2, -0.15) is 0 Å². The van der Waals surface area contributed by atoms with Crippen molar-refractivity contribution >= 4 is 5.82 Å². The van der Waals surface area contributed by atoms with E-state index in [0.29, 0.717) is 0 Å². The van der Waals surface area contributed by atoms with Crippen LogP contribution in [0.5, 0.6) is 0 Å². The molecule has 0 bridgehead atoms. The van der Waals surface area contributed by atoms with Gasteiger partial charge in [0, 0.05) is 18.8 Å². The Kier molecular flexibility index (Phi) is 4.40. The standard InChI is InChI=1S/C11H19N3/c1-4-12-8-10-6-7-11(13-5-2)14-9(10)3/h6-7,12H,4-5,8H2,1-3H3,(H,13,14). The van der Waals surface area contributed by atoms with E-state index in [4.69, 9.17) is 0 Å². The summed E-state index contributed by atoms with van der Waals surface area (Å²) >= 11 is 0. The third kappa shape index (κ3) is 3.00. The van der Waals surface area contributed by atoms with Crippen LogP contribution in [0.15, 0.2) is 12.1 Å². The van der Waals surface area contributed by atoms with Crippen molar-refractivity contribution in [3.63, 3.8) is 0 Å². The molecule has 1 aromatic heterocycles. The van der Waals surface area contributed by atoms with Crippen LogP contribution in [0.3, 0.4) is 0 Å². The molecule has 3 nitrogen and oxygen atoms in total. The molecule has 0 saturated heterocycles. The summed E-state index contributed by atoms with van der Waals surface area (Å²) in [6.07, 6.45) is 0. The molecular weight excluding hydrogens is 174 g/mol. The van der Waals surface area contributed by atoms with Crippen molar-refractivity contribution in [2.45, 2.75) is 27.3 Å². The molecule has 0 saturated carbocycles. The van der Waals surface area contributed by atoms with Crippen molar-refractivity contribution in [2.75, 3.05) is 18.4 Å². The van der Waals surface area contributed by atoms with Gasteiger partial charge in [0.2, 0.25) is 0 Å². The smallest absolute Gasteiger partial charge is 0.126 e. The lowest BCUT2D eigenvalue weighted by atomic mass is 10.2. The number of aromatic nitrogens is 1. The summed E-state index contributed by atoms with van der Waals surface area (Å²) in [5, 5.41) is 6.50. The molecule has 1 rings (SSSR count). The zero-order valence-corrected chi connectivity index (χ0v) is 9.22. The van der Waals surface area contributed by atoms with Gasteiger partial charge in [0.25, 0.3) is 0 Å². The fourth-order valence-electron chi connectivity index (χ4n) is 1.32.